The van der Waals surface area contributed by atoms with Gasteiger partial charge in [0.15, 0.2) is 11.5 Å². The van der Waals surface area contributed by atoms with Crippen LogP contribution in [-0.2, 0) is 32.3 Å². The molecule has 5 aromatic rings. The SMILES string of the molecule is C=CC(=O)OCCCCOc1ccc(-c2ccc(COc3ccc(C#N)cc3OCc3ccc(-c4ccc(OCCCCOC(=O)C=C)cc4)nc3)cn2)cc1. The molecule has 0 saturated carbocycles. The number of aromatic nitrogens is 2. The highest BCUT2D eigenvalue weighted by Gasteiger charge is 2.10. The van der Waals surface area contributed by atoms with Gasteiger partial charge in [-0.2, -0.15) is 5.26 Å². The summed E-state index contributed by atoms with van der Waals surface area (Å²) in [5.41, 5.74) is 5.68. The van der Waals surface area contributed by atoms with Crippen molar-refractivity contribution in [3.63, 3.8) is 0 Å². The molecule has 0 atom stereocenters. The molecular weight excluding hydrogens is 711 g/mol. The number of rotatable bonds is 22. The molecule has 0 N–H and O–H groups in total. The number of hydrogen-bond acceptors (Lipinski definition) is 11. The van der Waals surface area contributed by atoms with Gasteiger partial charge in [0.2, 0.25) is 0 Å². The highest BCUT2D eigenvalue weighted by atomic mass is 16.5. The predicted octanol–water partition coefficient (Wildman–Crippen LogP) is 8.62. The second-order valence-corrected chi connectivity index (χ2v) is 12.4. The van der Waals surface area contributed by atoms with Gasteiger partial charge in [0.1, 0.15) is 24.7 Å². The van der Waals surface area contributed by atoms with Gasteiger partial charge in [-0.25, -0.2) is 9.59 Å². The zero-order chi connectivity index (χ0) is 39.4. The van der Waals surface area contributed by atoms with Crippen LogP contribution in [0, 0.1) is 11.3 Å². The molecule has 5 rings (SSSR count). The first-order valence-corrected chi connectivity index (χ1v) is 18.2. The molecule has 2 aromatic heterocycles. The van der Waals surface area contributed by atoms with Gasteiger partial charge in [0, 0.05) is 52.9 Å². The number of benzene rings is 3. The molecular formula is C45H43N3O8. The Balaban J connectivity index is 1.08. The largest absolute Gasteiger partial charge is 0.494 e. The van der Waals surface area contributed by atoms with E-state index in [0.29, 0.717) is 56.3 Å². The fourth-order valence-electron chi connectivity index (χ4n) is 5.19. The number of nitrogens with zero attached hydrogens (tertiary/aromatic N) is 3. The molecule has 11 nitrogen and oxygen atoms in total. The summed E-state index contributed by atoms with van der Waals surface area (Å²) in [7, 11) is 0. The lowest BCUT2D eigenvalue weighted by Gasteiger charge is -2.14. The van der Waals surface area contributed by atoms with E-state index in [2.05, 4.69) is 29.2 Å². The fraction of sp³-hybridized carbons (Fsp3) is 0.222. The number of nitriles is 1. The summed E-state index contributed by atoms with van der Waals surface area (Å²) in [6.45, 7) is 8.95. The lowest BCUT2D eigenvalue weighted by molar-refractivity contribution is -0.138. The summed E-state index contributed by atoms with van der Waals surface area (Å²) >= 11 is 0. The molecule has 286 valence electrons. The van der Waals surface area contributed by atoms with Crippen molar-refractivity contribution in [1.29, 1.82) is 5.26 Å². The zero-order valence-electron chi connectivity index (χ0n) is 31.1. The molecule has 56 heavy (non-hydrogen) atoms. The second kappa shape index (κ2) is 21.7. The second-order valence-electron chi connectivity index (χ2n) is 12.4. The number of pyridine rings is 2. The summed E-state index contributed by atoms with van der Waals surface area (Å²) in [5.74, 6) is 1.61. The third-order valence-electron chi connectivity index (χ3n) is 8.25. The monoisotopic (exact) mass is 753 g/mol. The van der Waals surface area contributed by atoms with Crippen molar-refractivity contribution in [2.24, 2.45) is 0 Å². The Bertz CT molecular complexity index is 2080. The standard InChI is InChI=1S/C45H43N3O8/c1-3-44(49)53-25-7-5-23-51-38-16-12-36(13-17-38)40-20-9-34(29-47-40)31-55-42-22-11-33(28-46)27-43(42)56-32-35-10-21-41(48-30-35)37-14-18-39(19-15-37)52-24-6-8-26-54-45(50)4-2/h3-4,9-22,27,29-30H,1-2,5-8,23-26,31-32H2. The van der Waals surface area contributed by atoms with Crippen LogP contribution in [0.25, 0.3) is 22.5 Å². The number of hydrogen-bond donors (Lipinski definition) is 0. The molecule has 3 aromatic carbocycles. The van der Waals surface area contributed by atoms with Gasteiger partial charge >= 0.3 is 11.9 Å². The first-order chi connectivity index (χ1) is 27.4. The molecule has 0 bridgehead atoms. The van der Waals surface area contributed by atoms with E-state index >= 15 is 0 Å². The Hall–Kier alpha value is -6.93. The zero-order valence-corrected chi connectivity index (χ0v) is 31.1. The van der Waals surface area contributed by atoms with Crippen molar-refractivity contribution in [1.82, 2.24) is 9.97 Å². The van der Waals surface area contributed by atoms with Gasteiger partial charge in [-0.3, -0.25) is 9.97 Å². The van der Waals surface area contributed by atoms with Gasteiger partial charge in [-0.15, -0.1) is 0 Å². The van der Waals surface area contributed by atoms with Crippen LogP contribution in [0.4, 0.5) is 0 Å². The van der Waals surface area contributed by atoms with Crippen molar-refractivity contribution < 1.29 is 38.0 Å². The maximum absolute atomic E-state index is 11.1. The normalized spacial score (nSPS) is 10.4. The van der Waals surface area contributed by atoms with Crippen molar-refractivity contribution in [2.45, 2.75) is 38.9 Å². The Morgan fingerprint density at radius 1 is 0.571 bits per heavy atom. The van der Waals surface area contributed by atoms with E-state index in [0.717, 1.165) is 70.1 Å². The molecule has 0 aliphatic heterocycles. The Morgan fingerprint density at radius 2 is 1.04 bits per heavy atom. The van der Waals surface area contributed by atoms with Gasteiger partial charge in [0.25, 0.3) is 0 Å². The third kappa shape index (κ3) is 12.9. The maximum Gasteiger partial charge on any atom is 0.330 e. The Labute approximate surface area is 326 Å². The first kappa shape index (κ1) is 40.3. The summed E-state index contributed by atoms with van der Waals surface area (Å²) in [4.78, 5) is 31.4. The Morgan fingerprint density at radius 3 is 1.46 bits per heavy atom. The average molecular weight is 754 g/mol. The van der Waals surface area contributed by atoms with Gasteiger partial charge in [0.05, 0.1) is 49.4 Å². The number of esters is 2. The van der Waals surface area contributed by atoms with Crippen molar-refractivity contribution in [3.8, 4) is 51.6 Å². The van der Waals surface area contributed by atoms with E-state index in [1.165, 1.54) is 0 Å². The molecule has 0 radical (unpaired) electrons. The molecule has 0 aliphatic rings. The van der Waals surface area contributed by atoms with Crippen LogP contribution in [0.5, 0.6) is 23.0 Å². The summed E-state index contributed by atoms with van der Waals surface area (Å²) in [5, 5.41) is 9.51. The van der Waals surface area contributed by atoms with E-state index in [9.17, 15) is 14.9 Å². The minimum atomic E-state index is -0.419. The van der Waals surface area contributed by atoms with Crippen molar-refractivity contribution in [2.75, 3.05) is 26.4 Å². The topological polar surface area (TPSA) is 139 Å². The highest BCUT2D eigenvalue weighted by molar-refractivity contribution is 5.81. The third-order valence-corrected chi connectivity index (χ3v) is 8.25. The smallest absolute Gasteiger partial charge is 0.330 e. The molecule has 0 fully saturated rings. The van der Waals surface area contributed by atoms with E-state index in [1.807, 2.05) is 72.8 Å². The number of unbranched alkanes of at least 4 members (excludes halogenated alkanes) is 2. The Kier molecular flexibility index (Phi) is 15.6. The van der Waals surface area contributed by atoms with E-state index in [1.54, 1.807) is 30.6 Å². The quantitative estimate of drug-likeness (QED) is 0.0381. The number of carbonyl (C=O) groups is 2. The van der Waals surface area contributed by atoms with Crippen LogP contribution >= 0.6 is 0 Å². The predicted molar refractivity (Wildman–Crippen MR) is 211 cm³/mol. The molecule has 0 unspecified atom stereocenters. The highest BCUT2D eigenvalue weighted by Crippen LogP contribution is 2.30. The van der Waals surface area contributed by atoms with E-state index in [4.69, 9.17) is 28.4 Å². The van der Waals surface area contributed by atoms with E-state index in [-0.39, 0.29) is 13.2 Å². The molecule has 0 amide bonds. The molecule has 2 heterocycles. The minimum Gasteiger partial charge on any atom is -0.494 e. The van der Waals surface area contributed by atoms with E-state index < -0.39 is 11.9 Å². The van der Waals surface area contributed by atoms with Gasteiger partial charge in [-0.05, 0) is 98.5 Å². The number of ether oxygens (including phenoxy) is 6. The first-order valence-electron chi connectivity index (χ1n) is 18.2. The summed E-state index contributed by atoms with van der Waals surface area (Å²) < 4.78 is 33.8. The van der Waals surface area contributed by atoms with Crippen molar-refractivity contribution >= 4 is 11.9 Å². The van der Waals surface area contributed by atoms with Crippen LogP contribution in [0.15, 0.2) is 129 Å². The molecule has 0 spiro atoms. The molecule has 11 heteroatoms. The molecule has 0 aliphatic carbocycles. The number of carbonyl (C=O) groups excluding carboxylic acids is 2. The molecule has 0 saturated heterocycles. The average Bonchev–Trinajstić information content (AvgIpc) is 3.25. The van der Waals surface area contributed by atoms with Crippen LogP contribution < -0.4 is 18.9 Å². The van der Waals surface area contributed by atoms with Crippen LogP contribution in [-0.4, -0.2) is 48.3 Å². The lowest BCUT2D eigenvalue weighted by Crippen LogP contribution is -2.04. The lowest BCUT2D eigenvalue weighted by atomic mass is 10.1. The van der Waals surface area contributed by atoms with Crippen LogP contribution in [0.1, 0.15) is 42.4 Å². The summed E-state index contributed by atoms with van der Waals surface area (Å²) in [6.07, 6.45) is 8.77. The van der Waals surface area contributed by atoms with Gasteiger partial charge in [-0.1, -0.05) is 25.3 Å². The fourth-order valence-corrected chi connectivity index (χ4v) is 5.19. The van der Waals surface area contributed by atoms with Gasteiger partial charge < -0.3 is 28.4 Å². The van der Waals surface area contributed by atoms with Crippen molar-refractivity contribution in [3.05, 3.63) is 145 Å². The van der Waals surface area contributed by atoms with Crippen LogP contribution in [0.3, 0.4) is 0 Å². The van der Waals surface area contributed by atoms with Crippen LogP contribution in [0.2, 0.25) is 0 Å². The minimum absolute atomic E-state index is 0.228. The summed E-state index contributed by atoms with van der Waals surface area (Å²) in [6, 6.07) is 30.4. The maximum atomic E-state index is 11.1.